The molecule has 0 N–H and O–H groups in total. The molecule has 4 nitrogen and oxygen atoms in total. The molecule has 0 fully saturated rings. The molecule has 0 amide bonds. The van der Waals surface area contributed by atoms with Crippen molar-refractivity contribution in [3.63, 3.8) is 0 Å². The number of allylic oxidation sites excluding steroid dienone is 8. The van der Waals surface area contributed by atoms with Gasteiger partial charge in [0.1, 0.15) is 11.5 Å². The predicted octanol–water partition coefficient (Wildman–Crippen LogP) is 19.0. The first-order valence-electron chi connectivity index (χ1n) is 24.5. The highest BCUT2D eigenvalue weighted by atomic mass is 35.5. The summed E-state index contributed by atoms with van der Waals surface area (Å²) in [6.07, 6.45) is 13.8. The van der Waals surface area contributed by atoms with E-state index in [0.717, 1.165) is 125 Å². The zero-order valence-corrected chi connectivity index (χ0v) is 40.5. The maximum absolute atomic E-state index is 9.75. The lowest BCUT2D eigenvalue weighted by Crippen LogP contribution is -2.05. The van der Waals surface area contributed by atoms with Crippen molar-refractivity contribution >= 4 is 90.8 Å². The predicted molar refractivity (Wildman–Crippen MR) is 298 cm³/mol. The van der Waals surface area contributed by atoms with Gasteiger partial charge >= 0.3 is 18.6 Å². The molecule has 10 heteroatoms. The average molecular weight is 995 g/mol. The standard InChI is InChI=1S/C64H44ClN2O2.BF4/c65-64-44(30-32-46-38-60(42-16-3-1-4-17-42)68-62-40-48(34-36-50(46)62)66-56-26-11-7-22-52(56)53-23-8-12-27-57(53)66)20-15-21-45(64)31-33-47-39-61(43-18-5-2-6-19-43)69-63-41-49(35-37-51(47)63)67-58-28-13-9-24-54(58)55-25-10-14-29-59(55)67;2-1(3,4)5/h1-14,16-19,22-41H,15,20-21H2;/q+1;-1. The molecule has 13 rings (SSSR count). The molecule has 0 atom stereocenters. The maximum atomic E-state index is 9.75. The molecule has 0 saturated heterocycles. The van der Waals surface area contributed by atoms with Crippen LogP contribution >= 0.6 is 11.6 Å². The SMILES string of the molecule is ClC1=C(/C=C/c2cc(-c3ccccc3)[o+]c3cc(-n4c5ccccc5c5ccccc54)ccc23)CCC/C1=C\C=C1/C=C(c2ccccc2)Oc2cc(-n3c4ccccc4c4ccccc43)ccc21.F[B-](F)(F)F. The monoisotopic (exact) mass is 994 g/mol. The second-order valence-electron chi connectivity index (χ2n) is 18.3. The summed E-state index contributed by atoms with van der Waals surface area (Å²) in [5, 5.41) is 6.74. The molecule has 0 radical (unpaired) electrons. The van der Waals surface area contributed by atoms with Crippen molar-refractivity contribution in [2.45, 2.75) is 19.3 Å². The quantitative estimate of drug-likeness (QED) is 0.0905. The van der Waals surface area contributed by atoms with E-state index in [-0.39, 0.29) is 0 Å². The summed E-state index contributed by atoms with van der Waals surface area (Å²) < 4.78 is 57.2. The van der Waals surface area contributed by atoms with Gasteiger partial charge in [-0.15, -0.1) is 0 Å². The van der Waals surface area contributed by atoms with Crippen LogP contribution in [-0.4, -0.2) is 16.4 Å². The average Bonchev–Trinajstić information content (AvgIpc) is 3.95. The van der Waals surface area contributed by atoms with Crippen molar-refractivity contribution in [1.29, 1.82) is 0 Å². The number of aromatic nitrogens is 2. The molecule has 2 aliphatic rings. The van der Waals surface area contributed by atoms with Crippen LogP contribution in [0, 0.1) is 0 Å². The van der Waals surface area contributed by atoms with Crippen molar-refractivity contribution in [2.75, 3.05) is 0 Å². The highest BCUT2D eigenvalue weighted by Gasteiger charge is 2.24. The van der Waals surface area contributed by atoms with Crippen LogP contribution in [0.4, 0.5) is 17.3 Å². The van der Waals surface area contributed by atoms with Crippen LogP contribution in [0.3, 0.4) is 0 Å². The molecule has 1 aliphatic carbocycles. The molecule has 8 aromatic carbocycles. The number of nitrogens with zero attached hydrogens (tertiary/aromatic N) is 2. The van der Waals surface area contributed by atoms with Gasteiger partial charge in [0.25, 0.3) is 0 Å². The Labute approximate surface area is 429 Å². The Bertz CT molecular complexity index is 4040. The van der Waals surface area contributed by atoms with E-state index in [4.69, 9.17) is 20.8 Å². The van der Waals surface area contributed by atoms with Crippen LogP contribution in [0.1, 0.15) is 36.0 Å². The molecule has 1 aliphatic heterocycles. The molecule has 3 aromatic heterocycles. The lowest BCUT2D eigenvalue weighted by atomic mass is 9.92. The number of para-hydroxylation sites is 4. The van der Waals surface area contributed by atoms with Crippen molar-refractivity contribution in [3.05, 3.63) is 257 Å². The molecule has 11 aromatic rings. The minimum absolute atomic E-state index is 0.803. The van der Waals surface area contributed by atoms with E-state index < -0.39 is 7.25 Å². The summed E-state index contributed by atoms with van der Waals surface area (Å²) >= 11 is 7.42. The van der Waals surface area contributed by atoms with Gasteiger partial charge in [-0.2, -0.15) is 0 Å². The molecule has 0 spiro atoms. The number of halogens is 5. The Morgan fingerprint density at radius 3 is 1.61 bits per heavy atom. The summed E-state index contributed by atoms with van der Waals surface area (Å²) in [5.74, 6) is 2.42. The van der Waals surface area contributed by atoms with Crippen molar-refractivity contribution in [1.82, 2.24) is 9.13 Å². The summed E-state index contributed by atoms with van der Waals surface area (Å²) in [6, 6.07) is 70.4. The van der Waals surface area contributed by atoms with Crippen LogP contribution in [0.5, 0.6) is 5.75 Å². The molecular formula is C64H44BClF4N2O2. The fraction of sp³-hybridized carbons (Fsp3) is 0.0469. The van der Waals surface area contributed by atoms with Crippen molar-refractivity contribution in [2.24, 2.45) is 0 Å². The Morgan fingerprint density at radius 2 is 1.03 bits per heavy atom. The van der Waals surface area contributed by atoms with Crippen LogP contribution in [0.15, 0.2) is 245 Å². The van der Waals surface area contributed by atoms with Crippen molar-refractivity contribution < 1.29 is 26.4 Å². The van der Waals surface area contributed by atoms with Crippen molar-refractivity contribution in [3.8, 4) is 28.4 Å². The largest absolute Gasteiger partial charge is 0.673 e. The smallest absolute Gasteiger partial charge is 0.456 e. The molecule has 74 heavy (non-hydrogen) atoms. The van der Waals surface area contributed by atoms with E-state index in [2.05, 4.69) is 228 Å². The number of benzene rings is 8. The zero-order chi connectivity index (χ0) is 50.3. The van der Waals surface area contributed by atoms with E-state index >= 15 is 0 Å². The van der Waals surface area contributed by atoms with Crippen LogP contribution in [-0.2, 0) is 0 Å². The fourth-order valence-electron chi connectivity index (χ4n) is 10.4. The van der Waals surface area contributed by atoms with Crippen LogP contribution in [0.2, 0.25) is 0 Å². The fourth-order valence-corrected chi connectivity index (χ4v) is 10.8. The van der Waals surface area contributed by atoms with Gasteiger partial charge in [-0.25, -0.2) is 4.42 Å². The number of fused-ring (bicyclic) bond motifs is 8. The van der Waals surface area contributed by atoms with Gasteiger partial charge < -0.3 is 31.1 Å². The summed E-state index contributed by atoms with van der Waals surface area (Å²) in [7, 11) is -6.00. The number of hydrogen-bond acceptors (Lipinski definition) is 1. The number of hydrogen-bond donors (Lipinski definition) is 0. The van der Waals surface area contributed by atoms with Gasteiger partial charge in [-0.1, -0.05) is 157 Å². The highest BCUT2D eigenvalue weighted by molar-refractivity contribution is 6.50. The summed E-state index contributed by atoms with van der Waals surface area (Å²) in [5.41, 5.74) is 15.0. The van der Waals surface area contributed by atoms with Crippen LogP contribution in [0.25, 0.3) is 94.7 Å². The summed E-state index contributed by atoms with van der Waals surface area (Å²) in [4.78, 5) is 0. The van der Waals surface area contributed by atoms with Gasteiger partial charge in [-0.05, 0) is 103 Å². The lowest BCUT2D eigenvalue weighted by Gasteiger charge is -2.22. The third-order valence-corrected chi connectivity index (χ3v) is 14.2. The third kappa shape index (κ3) is 9.01. The number of ether oxygens (including phenoxy) is 1. The van der Waals surface area contributed by atoms with Gasteiger partial charge in [0.05, 0.1) is 50.8 Å². The Balaban J connectivity index is 0.00000106. The Morgan fingerprint density at radius 1 is 0.514 bits per heavy atom. The Hall–Kier alpha value is -8.66. The maximum Gasteiger partial charge on any atom is 0.673 e. The first kappa shape index (κ1) is 46.4. The molecule has 0 saturated carbocycles. The van der Waals surface area contributed by atoms with Gasteiger partial charge in [0, 0.05) is 55.0 Å². The second-order valence-corrected chi connectivity index (χ2v) is 18.7. The topological polar surface area (TPSA) is 30.4 Å². The minimum Gasteiger partial charge on any atom is -0.456 e. The first-order valence-corrected chi connectivity index (χ1v) is 24.9. The van der Waals surface area contributed by atoms with Gasteiger partial charge in [-0.3, -0.25) is 0 Å². The highest BCUT2D eigenvalue weighted by Crippen LogP contribution is 2.42. The first-order chi connectivity index (χ1) is 36.1. The minimum atomic E-state index is -6.00. The van der Waals surface area contributed by atoms with E-state index in [1.807, 2.05) is 12.1 Å². The molecule has 360 valence electrons. The van der Waals surface area contributed by atoms with E-state index in [1.54, 1.807) is 0 Å². The van der Waals surface area contributed by atoms with E-state index in [0.29, 0.717) is 0 Å². The molecular weight excluding hydrogens is 951 g/mol. The normalized spacial score (nSPS) is 15.1. The molecule has 4 heterocycles. The molecule has 0 bridgehead atoms. The molecule has 0 unspecified atom stereocenters. The van der Waals surface area contributed by atoms with E-state index in [1.165, 1.54) is 21.5 Å². The van der Waals surface area contributed by atoms with E-state index in [9.17, 15) is 17.3 Å². The summed E-state index contributed by atoms with van der Waals surface area (Å²) in [6.45, 7) is 0. The van der Waals surface area contributed by atoms with Crippen LogP contribution < -0.4 is 4.74 Å². The lowest BCUT2D eigenvalue weighted by molar-refractivity contribution is 0.368. The van der Waals surface area contributed by atoms with Gasteiger partial charge in [0.15, 0.2) is 0 Å². The zero-order valence-electron chi connectivity index (χ0n) is 39.7. The Kier molecular flexibility index (Phi) is 12.2. The van der Waals surface area contributed by atoms with Gasteiger partial charge in [0.2, 0.25) is 0 Å². The third-order valence-electron chi connectivity index (χ3n) is 13.7. The second kappa shape index (κ2) is 19.4. The number of rotatable bonds is 7.